The minimum atomic E-state index is -0.293. The molecule has 0 bridgehead atoms. The number of amides is 1. The zero-order valence-corrected chi connectivity index (χ0v) is 8.65. The van der Waals surface area contributed by atoms with Gasteiger partial charge in [0, 0.05) is 11.6 Å². The first-order valence-corrected chi connectivity index (χ1v) is 4.64. The van der Waals surface area contributed by atoms with Gasteiger partial charge in [0.15, 0.2) is 0 Å². The maximum atomic E-state index is 11.6. The summed E-state index contributed by atoms with van der Waals surface area (Å²) in [6.07, 6.45) is 1.73. The quantitative estimate of drug-likeness (QED) is 0.722. The van der Waals surface area contributed by atoms with Crippen molar-refractivity contribution in [3.63, 3.8) is 0 Å². The Morgan fingerprint density at radius 3 is 2.93 bits per heavy atom. The van der Waals surface area contributed by atoms with E-state index in [9.17, 15) is 4.79 Å². The van der Waals surface area contributed by atoms with Crippen LogP contribution in [-0.2, 0) is 4.84 Å². The van der Waals surface area contributed by atoms with E-state index in [1.165, 1.54) is 11.7 Å². The molecule has 1 aromatic carbocycles. The fraction of sp³-hybridized carbons (Fsp3) is 0.182. The maximum Gasteiger partial charge on any atom is 0.349 e. The van der Waals surface area contributed by atoms with Crippen molar-refractivity contribution in [1.29, 1.82) is 0 Å². The highest BCUT2D eigenvalue weighted by Gasteiger charge is 2.08. The van der Waals surface area contributed by atoms with E-state index in [4.69, 9.17) is 0 Å². The molecule has 0 atom stereocenters. The topological polar surface area (TPSA) is 43.3 Å². The Morgan fingerprint density at radius 2 is 2.20 bits per heavy atom. The average Bonchev–Trinajstić information content (AvgIpc) is 2.63. The van der Waals surface area contributed by atoms with Gasteiger partial charge in [-0.1, -0.05) is 12.1 Å². The Labute approximate surface area is 87.4 Å². The van der Waals surface area contributed by atoms with Crippen LogP contribution < -0.4 is 5.48 Å². The molecule has 0 unspecified atom stereocenters. The van der Waals surface area contributed by atoms with Gasteiger partial charge in [0.2, 0.25) is 0 Å². The summed E-state index contributed by atoms with van der Waals surface area (Å²) in [6.45, 7) is 2.01. The standard InChI is InChI=1S/C11H12N2O2/c1-8-4-3-5-10-9(8)6-7-13(10)11(14)12-15-2/h3-7H,1-2H3,(H,12,14). The van der Waals surface area contributed by atoms with Crippen molar-refractivity contribution in [1.82, 2.24) is 10.0 Å². The number of hydroxylamine groups is 1. The molecule has 15 heavy (non-hydrogen) atoms. The summed E-state index contributed by atoms with van der Waals surface area (Å²) in [7, 11) is 1.41. The number of fused-ring (bicyclic) bond motifs is 1. The average molecular weight is 204 g/mol. The molecule has 4 heteroatoms. The second kappa shape index (κ2) is 3.74. The molecule has 0 aliphatic heterocycles. The van der Waals surface area contributed by atoms with Crippen molar-refractivity contribution in [2.24, 2.45) is 0 Å². The molecule has 1 N–H and O–H groups in total. The van der Waals surface area contributed by atoms with Crippen LogP contribution in [-0.4, -0.2) is 17.7 Å². The molecule has 2 rings (SSSR count). The van der Waals surface area contributed by atoms with Gasteiger partial charge in [-0.05, 0) is 24.6 Å². The van der Waals surface area contributed by atoms with Gasteiger partial charge in [-0.3, -0.25) is 9.40 Å². The number of aryl methyl sites for hydroxylation is 1. The van der Waals surface area contributed by atoms with E-state index in [1.54, 1.807) is 6.20 Å². The zero-order chi connectivity index (χ0) is 10.8. The van der Waals surface area contributed by atoms with Gasteiger partial charge in [-0.15, -0.1) is 0 Å². The summed E-state index contributed by atoms with van der Waals surface area (Å²) in [6, 6.07) is 7.46. The molecule has 0 radical (unpaired) electrons. The van der Waals surface area contributed by atoms with Crippen LogP contribution in [0.15, 0.2) is 30.5 Å². The number of hydrogen-bond donors (Lipinski definition) is 1. The first-order valence-electron chi connectivity index (χ1n) is 4.64. The number of benzene rings is 1. The molecule has 1 amide bonds. The van der Waals surface area contributed by atoms with Gasteiger partial charge in [0.25, 0.3) is 0 Å². The zero-order valence-electron chi connectivity index (χ0n) is 8.65. The van der Waals surface area contributed by atoms with E-state index < -0.39 is 0 Å². The molecule has 0 fully saturated rings. The summed E-state index contributed by atoms with van der Waals surface area (Å²) in [4.78, 5) is 16.1. The highest BCUT2D eigenvalue weighted by molar-refractivity contribution is 5.92. The van der Waals surface area contributed by atoms with Crippen LogP contribution in [0.25, 0.3) is 10.9 Å². The predicted octanol–water partition coefficient (Wildman–Crippen LogP) is 2.07. The van der Waals surface area contributed by atoms with Crippen LogP contribution in [0.2, 0.25) is 0 Å². The van der Waals surface area contributed by atoms with Crippen LogP contribution in [0.1, 0.15) is 5.56 Å². The molecule has 1 aromatic heterocycles. The number of nitrogens with one attached hydrogen (secondary N) is 1. The summed E-state index contributed by atoms with van der Waals surface area (Å²) in [5.74, 6) is 0. The van der Waals surface area contributed by atoms with Crippen LogP contribution in [0.3, 0.4) is 0 Å². The van der Waals surface area contributed by atoms with E-state index >= 15 is 0 Å². The minimum Gasteiger partial charge on any atom is -0.275 e. The molecule has 0 saturated carbocycles. The lowest BCUT2D eigenvalue weighted by atomic mass is 10.1. The van der Waals surface area contributed by atoms with Crippen LogP contribution in [0.4, 0.5) is 4.79 Å². The van der Waals surface area contributed by atoms with Crippen molar-refractivity contribution in [2.45, 2.75) is 6.92 Å². The van der Waals surface area contributed by atoms with Gasteiger partial charge < -0.3 is 0 Å². The Hall–Kier alpha value is -1.81. The number of carbonyl (C=O) groups excluding carboxylic acids is 1. The Kier molecular flexibility index (Phi) is 2.43. The van der Waals surface area contributed by atoms with Crippen molar-refractivity contribution in [3.8, 4) is 0 Å². The van der Waals surface area contributed by atoms with Gasteiger partial charge in [-0.2, -0.15) is 0 Å². The van der Waals surface area contributed by atoms with Crippen LogP contribution >= 0.6 is 0 Å². The molecule has 4 nitrogen and oxygen atoms in total. The molecular formula is C11H12N2O2. The highest BCUT2D eigenvalue weighted by atomic mass is 16.6. The van der Waals surface area contributed by atoms with E-state index in [0.717, 1.165) is 16.5 Å². The molecule has 0 spiro atoms. The molecule has 78 valence electrons. The van der Waals surface area contributed by atoms with Gasteiger partial charge in [-0.25, -0.2) is 10.3 Å². The third-order valence-electron chi connectivity index (χ3n) is 2.36. The predicted molar refractivity (Wildman–Crippen MR) is 57.6 cm³/mol. The fourth-order valence-corrected chi connectivity index (χ4v) is 1.64. The molecule has 1 heterocycles. The number of aromatic nitrogens is 1. The lowest BCUT2D eigenvalue weighted by Crippen LogP contribution is -2.26. The lowest BCUT2D eigenvalue weighted by Gasteiger charge is -2.04. The van der Waals surface area contributed by atoms with Crippen molar-refractivity contribution in [2.75, 3.05) is 7.11 Å². The molecular weight excluding hydrogens is 192 g/mol. The van der Waals surface area contributed by atoms with Crippen LogP contribution in [0, 0.1) is 6.92 Å². The fourth-order valence-electron chi connectivity index (χ4n) is 1.64. The number of carbonyl (C=O) groups is 1. The molecule has 0 saturated heterocycles. The molecule has 2 aromatic rings. The lowest BCUT2D eigenvalue weighted by molar-refractivity contribution is 0.109. The van der Waals surface area contributed by atoms with Crippen molar-refractivity contribution >= 4 is 16.9 Å². The number of hydrogen-bond acceptors (Lipinski definition) is 2. The Balaban J connectivity index is 2.54. The molecule has 0 aliphatic rings. The number of nitrogens with zero attached hydrogens (tertiary/aromatic N) is 1. The van der Waals surface area contributed by atoms with E-state index in [0.29, 0.717) is 0 Å². The normalized spacial score (nSPS) is 10.5. The minimum absolute atomic E-state index is 0.293. The van der Waals surface area contributed by atoms with Gasteiger partial charge in [0.1, 0.15) is 0 Å². The van der Waals surface area contributed by atoms with E-state index in [1.807, 2.05) is 31.2 Å². The van der Waals surface area contributed by atoms with E-state index in [2.05, 4.69) is 10.3 Å². The van der Waals surface area contributed by atoms with Crippen molar-refractivity contribution in [3.05, 3.63) is 36.0 Å². The summed E-state index contributed by atoms with van der Waals surface area (Å²) < 4.78 is 1.52. The molecule has 0 aliphatic carbocycles. The number of rotatable bonds is 1. The van der Waals surface area contributed by atoms with Gasteiger partial charge >= 0.3 is 6.03 Å². The second-order valence-corrected chi connectivity index (χ2v) is 3.30. The van der Waals surface area contributed by atoms with E-state index in [-0.39, 0.29) is 6.03 Å². The SMILES string of the molecule is CONC(=O)n1ccc2c(C)cccc21. The first-order chi connectivity index (χ1) is 7.24. The summed E-state index contributed by atoms with van der Waals surface area (Å²) in [5, 5.41) is 1.07. The third kappa shape index (κ3) is 1.59. The Bertz CT molecular complexity index is 502. The summed E-state index contributed by atoms with van der Waals surface area (Å²) in [5.41, 5.74) is 4.31. The highest BCUT2D eigenvalue weighted by Crippen LogP contribution is 2.18. The van der Waals surface area contributed by atoms with Crippen molar-refractivity contribution < 1.29 is 9.63 Å². The van der Waals surface area contributed by atoms with Gasteiger partial charge in [0.05, 0.1) is 12.6 Å². The first kappa shape index (κ1) is 9.73. The summed E-state index contributed by atoms with van der Waals surface area (Å²) >= 11 is 0. The third-order valence-corrected chi connectivity index (χ3v) is 2.36. The smallest absolute Gasteiger partial charge is 0.275 e. The van der Waals surface area contributed by atoms with Crippen LogP contribution in [0.5, 0.6) is 0 Å². The monoisotopic (exact) mass is 204 g/mol. The maximum absolute atomic E-state index is 11.6. The Morgan fingerprint density at radius 1 is 1.40 bits per heavy atom. The largest absolute Gasteiger partial charge is 0.349 e. The second-order valence-electron chi connectivity index (χ2n) is 3.30.